The zero-order valence-electron chi connectivity index (χ0n) is 9.64. The molecule has 94 valence electrons. The first-order valence-electron chi connectivity index (χ1n) is 5.74. The maximum atomic E-state index is 12.4. The standard InChI is InChI=1S/C11H12BrN5O/c12-8-5-14-10-9(6-15-17(10)7-8)11(18)16-3-1-13-2-4-16/h5-7,13H,1-4H2. The van der Waals surface area contributed by atoms with Crippen LogP contribution in [0.3, 0.4) is 0 Å². The van der Waals surface area contributed by atoms with Crippen molar-refractivity contribution < 1.29 is 4.79 Å². The van der Waals surface area contributed by atoms with Gasteiger partial charge >= 0.3 is 0 Å². The molecule has 0 aliphatic carbocycles. The second-order valence-corrected chi connectivity index (χ2v) is 5.06. The van der Waals surface area contributed by atoms with Crippen LogP contribution in [0.1, 0.15) is 10.4 Å². The summed E-state index contributed by atoms with van der Waals surface area (Å²) in [7, 11) is 0. The van der Waals surface area contributed by atoms with Crippen LogP contribution >= 0.6 is 15.9 Å². The van der Waals surface area contributed by atoms with Crippen molar-refractivity contribution in [2.24, 2.45) is 0 Å². The third-order valence-corrected chi connectivity index (χ3v) is 3.37. The molecule has 1 saturated heterocycles. The van der Waals surface area contributed by atoms with E-state index in [4.69, 9.17) is 0 Å². The molecule has 2 aromatic heterocycles. The van der Waals surface area contributed by atoms with Crippen molar-refractivity contribution in [1.29, 1.82) is 0 Å². The molecule has 1 fully saturated rings. The molecule has 0 aromatic carbocycles. The Morgan fingerprint density at radius 1 is 1.33 bits per heavy atom. The van der Waals surface area contributed by atoms with Crippen molar-refractivity contribution in [1.82, 2.24) is 24.8 Å². The summed E-state index contributed by atoms with van der Waals surface area (Å²) in [5.41, 5.74) is 1.16. The Bertz CT molecular complexity index is 590. The number of carbonyl (C=O) groups excluding carboxylic acids is 1. The molecule has 3 heterocycles. The second kappa shape index (κ2) is 4.66. The minimum atomic E-state index is 0.00122. The van der Waals surface area contributed by atoms with Gasteiger partial charge in [-0.25, -0.2) is 9.50 Å². The highest BCUT2D eigenvalue weighted by molar-refractivity contribution is 9.10. The zero-order valence-corrected chi connectivity index (χ0v) is 11.2. The molecular formula is C11H12BrN5O. The average Bonchev–Trinajstić information content (AvgIpc) is 2.81. The first-order valence-corrected chi connectivity index (χ1v) is 6.54. The number of amides is 1. The Kier molecular flexibility index (Phi) is 3.00. The molecule has 0 bridgehead atoms. The lowest BCUT2D eigenvalue weighted by Crippen LogP contribution is -2.46. The molecule has 7 heteroatoms. The third-order valence-electron chi connectivity index (χ3n) is 2.96. The van der Waals surface area contributed by atoms with Gasteiger partial charge in [0.15, 0.2) is 5.65 Å². The smallest absolute Gasteiger partial charge is 0.259 e. The molecule has 0 radical (unpaired) electrons. The first kappa shape index (κ1) is 11.6. The van der Waals surface area contributed by atoms with Crippen molar-refractivity contribution in [3.05, 3.63) is 28.6 Å². The Morgan fingerprint density at radius 3 is 2.89 bits per heavy atom. The van der Waals surface area contributed by atoms with E-state index in [0.29, 0.717) is 11.2 Å². The van der Waals surface area contributed by atoms with Crippen molar-refractivity contribution in [3.63, 3.8) is 0 Å². The molecule has 1 N–H and O–H groups in total. The van der Waals surface area contributed by atoms with E-state index in [1.54, 1.807) is 23.1 Å². The maximum Gasteiger partial charge on any atom is 0.259 e. The summed E-state index contributed by atoms with van der Waals surface area (Å²) in [6, 6.07) is 0. The highest BCUT2D eigenvalue weighted by atomic mass is 79.9. The van der Waals surface area contributed by atoms with Crippen LogP contribution in [0.25, 0.3) is 5.65 Å². The molecule has 0 atom stereocenters. The van der Waals surface area contributed by atoms with E-state index in [2.05, 4.69) is 31.3 Å². The van der Waals surface area contributed by atoms with Crippen molar-refractivity contribution in [3.8, 4) is 0 Å². The number of rotatable bonds is 1. The van der Waals surface area contributed by atoms with Gasteiger partial charge in [0.25, 0.3) is 5.91 Å². The van der Waals surface area contributed by atoms with E-state index in [0.717, 1.165) is 30.7 Å². The van der Waals surface area contributed by atoms with Gasteiger partial charge in [0, 0.05) is 38.6 Å². The lowest BCUT2D eigenvalue weighted by molar-refractivity contribution is 0.0737. The summed E-state index contributed by atoms with van der Waals surface area (Å²) >= 11 is 3.33. The molecule has 2 aromatic rings. The number of piperazine rings is 1. The van der Waals surface area contributed by atoms with Crippen LogP contribution < -0.4 is 5.32 Å². The predicted molar refractivity (Wildman–Crippen MR) is 69.5 cm³/mol. The van der Waals surface area contributed by atoms with E-state index in [9.17, 15) is 4.79 Å². The van der Waals surface area contributed by atoms with E-state index in [1.165, 1.54) is 0 Å². The quantitative estimate of drug-likeness (QED) is 0.835. The first-order chi connectivity index (χ1) is 8.75. The Labute approximate surface area is 112 Å². The molecule has 18 heavy (non-hydrogen) atoms. The number of halogens is 1. The summed E-state index contributed by atoms with van der Waals surface area (Å²) in [4.78, 5) is 18.4. The van der Waals surface area contributed by atoms with Crippen molar-refractivity contribution >= 4 is 27.5 Å². The van der Waals surface area contributed by atoms with Gasteiger partial charge in [0.2, 0.25) is 0 Å². The molecule has 3 rings (SSSR count). The van der Waals surface area contributed by atoms with E-state index < -0.39 is 0 Å². The molecule has 1 amide bonds. The zero-order chi connectivity index (χ0) is 12.5. The molecule has 1 aliphatic heterocycles. The summed E-state index contributed by atoms with van der Waals surface area (Å²) in [5, 5.41) is 7.38. The summed E-state index contributed by atoms with van der Waals surface area (Å²) in [5.74, 6) is 0.00122. The molecule has 1 aliphatic rings. The molecule has 0 spiro atoms. The Hall–Kier alpha value is -1.47. The summed E-state index contributed by atoms with van der Waals surface area (Å²) in [6.45, 7) is 3.13. The predicted octanol–water partition coefficient (Wildman–Crippen LogP) is 0.537. The van der Waals surface area contributed by atoms with Crippen LogP contribution in [0, 0.1) is 0 Å². The van der Waals surface area contributed by atoms with Gasteiger partial charge in [-0.05, 0) is 15.9 Å². The highest BCUT2D eigenvalue weighted by Crippen LogP contribution is 2.14. The van der Waals surface area contributed by atoms with Gasteiger partial charge in [0.1, 0.15) is 5.56 Å². The molecule has 0 unspecified atom stereocenters. The van der Waals surface area contributed by atoms with Gasteiger partial charge in [-0.15, -0.1) is 0 Å². The van der Waals surface area contributed by atoms with Crippen molar-refractivity contribution in [2.45, 2.75) is 0 Å². The SMILES string of the molecule is O=C(c1cnn2cc(Br)cnc12)N1CCNCC1. The van der Waals surface area contributed by atoms with E-state index >= 15 is 0 Å². The van der Waals surface area contributed by atoms with Crippen LogP contribution in [0.4, 0.5) is 0 Å². The van der Waals surface area contributed by atoms with Crippen LogP contribution in [0.2, 0.25) is 0 Å². The van der Waals surface area contributed by atoms with Crippen molar-refractivity contribution in [2.75, 3.05) is 26.2 Å². The lowest BCUT2D eigenvalue weighted by Gasteiger charge is -2.26. The monoisotopic (exact) mass is 309 g/mol. The fraction of sp³-hybridized carbons (Fsp3) is 0.364. The highest BCUT2D eigenvalue weighted by Gasteiger charge is 2.21. The topological polar surface area (TPSA) is 62.5 Å². The van der Waals surface area contributed by atoms with Crippen LogP contribution in [0.5, 0.6) is 0 Å². The van der Waals surface area contributed by atoms with Crippen LogP contribution in [-0.4, -0.2) is 51.6 Å². The molecular weight excluding hydrogens is 298 g/mol. The fourth-order valence-electron chi connectivity index (χ4n) is 2.04. The van der Waals surface area contributed by atoms with E-state index in [-0.39, 0.29) is 5.91 Å². The minimum absolute atomic E-state index is 0.00122. The van der Waals surface area contributed by atoms with Crippen LogP contribution in [0.15, 0.2) is 23.1 Å². The Morgan fingerprint density at radius 2 is 2.11 bits per heavy atom. The number of carbonyl (C=O) groups is 1. The number of aromatic nitrogens is 3. The number of fused-ring (bicyclic) bond motifs is 1. The number of hydrogen-bond acceptors (Lipinski definition) is 4. The van der Waals surface area contributed by atoms with Gasteiger partial charge < -0.3 is 10.2 Å². The fourth-order valence-corrected chi connectivity index (χ4v) is 2.34. The van der Waals surface area contributed by atoms with Gasteiger partial charge in [-0.3, -0.25) is 4.79 Å². The number of nitrogens with zero attached hydrogens (tertiary/aromatic N) is 4. The third kappa shape index (κ3) is 1.99. The number of nitrogens with one attached hydrogen (secondary N) is 1. The Balaban J connectivity index is 1.96. The average molecular weight is 310 g/mol. The largest absolute Gasteiger partial charge is 0.336 e. The van der Waals surface area contributed by atoms with E-state index in [1.807, 2.05) is 4.90 Å². The second-order valence-electron chi connectivity index (χ2n) is 4.14. The summed E-state index contributed by atoms with van der Waals surface area (Å²) < 4.78 is 2.44. The summed E-state index contributed by atoms with van der Waals surface area (Å²) in [6.07, 6.45) is 5.04. The van der Waals surface area contributed by atoms with Gasteiger partial charge in [0.05, 0.1) is 10.7 Å². The van der Waals surface area contributed by atoms with Crippen LogP contribution in [-0.2, 0) is 0 Å². The lowest BCUT2D eigenvalue weighted by atomic mass is 10.2. The number of hydrogen-bond donors (Lipinski definition) is 1. The van der Waals surface area contributed by atoms with Gasteiger partial charge in [-0.1, -0.05) is 0 Å². The molecule has 0 saturated carbocycles. The minimum Gasteiger partial charge on any atom is -0.336 e. The normalized spacial score (nSPS) is 16.2. The maximum absolute atomic E-state index is 12.4. The molecule has 6 nitrogen and oxygen atoms in total. The van der Waals surface area contributed by atoms with Gasteiger partial charge in [-0.2, -0.15) is 5.10 Å².